The number of carboxylic acid groups (broad SMARTS) is 1. The van der Waals surface area contributed by atoms with Crippen molar-refractivity contribution in [3.8, 4) is 0 Å². The van der Waals surface area contributed by atoms with E-state index >= 15 is 0 Å². The van der Waals surface area contributed by atoms with Crippen LogP contribution in [-0.4, -0.2) is 41.7 Å². The highest BCUT2D eigenvalue weighted by Gasteiger charge is 2.28. The van der Waals surface area contributed by atoms with Crippen LogP contribution in [0, 0.1) is 0 Å². The van der Waals surface area contributed by atoms with Gasteiger partial charge >= 0.3 is 5.97 Å². The molecule has 0 aliphatic heterocycles. The van der Waals surface area contributed by atoms with Gasteiger partial charge in [0, 0.05) is 18.6 Å². The minimum absolute atomic E-state index is 0.0559. The van der Waals surface area contributed by atoms with Crippen LogP contribution in [0.25, 0.3) is 0 Å². The van der Waals surface area contributed by atoms with Crippen LogP contribution in [0.5, 0.6) is 0 Å². The first-order valence-electron chi connectivity index (χ1n) is 7.36. The average Bonchev–Trinajstić information content (AvgIpc) is 2.46. The summed E-state index contributed by atoms with van der Waals surface area (Å²) in [6, 6.07) is 11.1. The predicted octanol–water partition coefficient (Wildman–Crippen LogP) is 2.10. The van der Waals surface area contributed by atoms with Gasteiger partial charge in [0.05, 0.1) is 6.54 Å². The average molecular weight is 276 g/mol. The van der Waals surface area contributed by atoms with Gasteiger partial charge in [-0.25, -0.2) is 0 Å². The van der Waals surface area contributed by atoms with Gasteiger partial charge in [0.15, 0.2) is 0 Å². The van der Waals surface area contributed by atoms with Crippen molar-refractivity contribution >= 4 is 5.97 Å². The highest BCUT2D eigenvalue weighted by atomic mass is 16.4. The fraction of sp³-hybridized carbons (Fsp3) is 0.562. The SMILES string of the molecule is CN(Cc1ccccc1)[C@@H]1CCCC[C@H]1NCC(=O)O. The van der Waals surface area contributed by atoms with E-state index < -0.39 is 5.97 Å². The van der Waals surface area contributed by atoms with Crippen LogP contribution in [0.15, 0.2) is 30.3 Å². The zero-order chi connectivity index (χ0) is 14.4. The van der Waals surface area contributed by atoms with Crippen LogP contribution in [0.3, 0.4) is 0 Å². The molecular weight excluding hydrogens is 252 g/mol. The molecule has 1 aromatic carbocycles. The molecule has 0 radical (unpaired) electrons. The van der Waals surface area contributed by atoms with Crippen molar-refractivity contribution < 1.29 is 9.90 Å². The minimum Gasteiger partial charge on any atom is -0.480 e. The molecule has 1 aliphatic carbocycles. The van der Waals surface area contributed by atoms with Crippen LogP contribution < -0.4 is 5.32 Å². The first kappa shape index (κ1) is 15.0. The molecule has 0 spiro atoms. The molecule has 0 heterocycles. The number of benzene rings is 1. The maximum absolute atomic E-state index is 10.7. The number of carboxylic acids is 1. The van der Waals surface area contributed by atoms with Crippen LogP contribution in [-0.2, 0) is 11.3 Å². The maximum Gasteiger partial charge on any atom is 0.317 e. The van der Waals surface area contributed by atoms with Crippen molar-refractivity contribution in [3.63, 3.8) is 0 Å². The number of aliphatic carboxylic acids is 1. The fourth-order valence-corrected chi connectivity index (χ4v) is 3.08. The van der Waals surface area contributed by atoms with Crippen LogP contribution in [0.4, 0.5) is 0 Å². The molecule has 0 bridgehead atoms. The Labute approximate surface area is 120 Å². The Morgan fingerprint density at radius 1 is 1.30 bits per heavy atom. The van der Waals surface area contributed by atoms with Gasteiger partial charge in [0.1, 0.15) is 0 Å². The number of hydrogen-bond donors (Lipinski definition) is 2. The van der Waals surface area contributed by atoms with Crippen LogP contribution in [0.2, 0.25) is 0 Å². The third-order valence-electron chi connectivity index (χ3n) is 4.09. The van der Waals surface area contributed by atoms with Gasteiger partial charge in [0.2, 0.25) is 0 Å². The topological polar surface area (TPSA) is 52.6 Å². The van der Waals surface area contributed by atoms with Gasteiger partial charge in [-0.05, 0) is 25.5 Å². The molecule has 0 saturated heterocycles. The van der Waals surface area contributed by atoms with E-state index in [-0.39, 0.29) is 12.6 Å². The standard InChI is InChI=1S/C16H24N2O2/c1-18(12-13-7-3-2-4-8-13)15-10-6-5-9-14(15)17-11-16(19)20/h2-4,7-8,14-15,17H,5-6,9-12H2,1H3,(H,19,20)/t14-,15-/m1/s1. The van der Waals surface area contributed by atoms with E-state index in [4.69, 9.17) is 5.11 Å². The zero-order valence-electron chi connectivity index (χ0n) is 12.1. The summed E-state index contributed by atoms with van der Waals surface area (Å²) in [6.07, 6.45) is 4.62. The maximum atomic E-state index is 10.7. The number of nitrogens with one attached hydrogen (secondary N) is 1. The lowest BCUT2D eigenvalue weighted by Gasteiger charge is -2.38. The highest BCUT2D eigenvalue weighted by molar-refractivity contribution is 5.69. The highest BCUT2D eigenvalue weighted by Crippen LogP contribution is 2.23. The molecule has 0 amide bonds. The Hall–Kier alpha value is -1.39. The van der Waals surface area contributed by atoms with Gasteiger partial charge in [-0.2, -0.15) is 0 Å². The van der Waals surface area contributed by atoms with Crippen molar-refractivity contribution in [1.29, 1.82) is 0 Å². The van der Waals surface area contributed by atoms with E-state index in [2.05, 4.69) is 41.5 Å². The lowest BCUT2D eigenvalue weighted by molar-refractivity contribution is -0.136. The van der Waals surface area contributed by atoms with Crippen molar-refractivity contribution in [1.82, 2.24) is 10.2 Å². The summed E-state index contributed by atoms with van der Waals surface area (Å²) >= 11 is 0. The molecule has 110 valence electrons. The molecule has 1 aliphatic rings. The van der Waals surface area contributed by atoms with Crippen LogP contribution >= 0.6 is 0 Å². The Kier molecular flexibility index (Phi) is 5.56. The number of rotatable bonds is 6. The Balaban J connectivity index is 1.94. The van der Waals surface area contributed by atoms with Gasteiger partial charge in [-0.1, -0.05) is 43.2 Å². The summed E-state index contributed by atoms with van der Waals surface area (Å²) < 4.78 is 0. The third-order valence-corrected chi connectivity index (χ3v) is 4.09. The monoisotopic (exact) mass is 276 g/mol. The lowest BCUT2D eigenvalue weighted by Crippen LogP contribution is -2.51. The molecule has 4 heteroatoms. The molecule has 1 fully saturated rings. The molecule has 2 rings (SSSR count). The van der Waals surface area contributed by atoms with Gasteiger partial charge in [-0.15, -0.1) is 0 Å². The zero-order valence-corrected chi connectivity index (χ0v) is 12.1. The largest absolute Gasteiger partial charge is 0.480 e. The smallest absolute Gasteiger partial charge is 0.317 e. The summed E-state index contributed by atoms with van der Waals surface area (Å²) in [5.74, 6) is -0.778. The van der Waals surface area contributed by atoms with E-state index in [0.29, 0.717) is 6.04 Å². The number of nitrogens with zero attached hydrogens (tertiary/aromatic N) is 1. The normalized spacial score (nSPS) is 22.9. The summed E-state index contributed by atoms with van der Waals surface area (Å²) in [5, 5.41) is 12.0. The summed E-state index contributed by atoms with van der Waals surface area (Å²) in [4.78, 5) is 13.1. The molecular formula is C16H24N2O2. The van der Waals surface area contributed by atoms with E-state index in [1.165, 1.54) is 18.4 Å². The van der Waals surface area contributed by atoms with Crippen molar-refractivity contribution in [3.05, 3.63) is 35.9 Å². The molecule has 2 atom stereocenters. The van der Waals surface area contributed by atoms with Crippen molar-refractivity contribution in [2.24, 2.45) is 0 Å². The Morgan fingerprint density at radius 3 is 2.70 bits per heavy atom. The molecule has 0 aromatic heterocycles. The van der Waals surface area contributed by atoms with E-state index in [1.54, 1.807) is 0 Å². The van der Waals surface area contributed by atoms with E-state index in [0.717, 1.165) is 19.4 Å². The molecule has 4 nitrogen and oxygen atoms in total. The molecule has 20 heavy (non-hydrogen) atoms. The quantitative estimate of drug-likeness (QED) is 0.835. The van der Waals surface area contributed by atoms with E-state index in [9.17, 15) is 4.79 Å². The first-order chi connectivity index (χ1) is 9.66. The van der Waals surface area contributed by atoms with Gasteiger partial charge in [-0.3, -0.25) is 9.69 Å². The number of hydrogen-bond acceptors (Lipinski definition) is 3. The second-order valence-corrected chi connectivity index (χ2v) is 5.63. The third kappa shape index (κ3) is 4.32. The number of likely N-dealkylation sites (N-methyl/N-ethyl adjacent to an activating group) is 1. The summed E-state index contributed by atoms with van der Waals surface area (Å²) in [6.45, 7) is 0.969. The molecule has 2 N–H and O–H groups in total. The number of carbonyl (C=O) groups is 1. The Morgan fingerprint density at radius 2 is 2.00 bits per heavy atom. The lowest BCUT2D eigenvalue weighted by atomic mass is 9.89. The molecule has 1 saturated carbocycles. The van der Waals surface area contributed by atoms with E-state index in [1.807, 2.05) is 6.07 Å². The Bertz CT molecular complexity index is 422. The fourth-order valence-electron chi connectivity index (χ4n) is 3.08. The van der Waals surface area contributed by atoms with Crippen molar-refractivity contribution in [2.45, 2.75) is 44.3 Å². The van der Waals surface area contributed by atoms with Crippen LogP contribution in [0.1, 0.15) is 31.2 Å². The predicted molar refractivity (Wildman–Crippen MR) is 79.6 cm³/mol. The molecule has 1 aromatic rings. The summed E-state index contributed by atoms with van der Waals surface area (Å²) in [5.41, 5.74) is 1.30. The molecule has 0 unspecified atom stereocenters. The van der Waals surface area contributed by atoms with Gasteiger partial charge < -0.3 is 10.4 Å². The van der Waals surface area contributed by atoms with Crippen molar-refractivity contribution in [2.75, 3.05) is 13.6 Å². The second kappa shape index (κ2) is 7.41. The minimum atomic E-state index is -0.778. The first-order valence-corrected chi connectivity index (χ1v) is 7.36. The summed E-state index contributed by atoms with van der Waals surface area (Å²) in [7, 11) is 2.14. The second-order valence-electron chi connectivity index (χ2n) is 5.63. The van der Waals surface area contributed by atoms with Gasteiger partial charge in [0.25, 0.3) is 0 Å².